The maximum atomic E-state index is 11.8. The summed E-state index contributed by atoms with van der Waals surface area (Å²) >= 11 is 11.9. The number of phenolic OH excluding ortho intramolecular Hbond substituents is 1. The Hall–Kier alpha value is -2.23. The molecule has 10 heteroatoms. The van der Waals surface area contributed by atoms with Gasteiger partial charge in [0.1, 0.15) is 0 Å². The number of phenols is 1. The Morgan fingerprint density at radius 3 is 2.77 bits per heavy atom. The summed E-state index contributed by atoms with van der Waals surface area (Å²) in [7, 11) is 0. The molecule has 114 valence electrons. The van der Waals surface area contributed by atoms with E-state index in [1.54, 1.807) is 17.5 Å². The molecule has 0 aliphatic carbocycles. The van der Waals surface area contributed by atoms with Gasteiger partial charge >= 0.3 is 0 Å². The van der Waals surface area contributed by atoms with Crippen LogP contribution >= 0.6 is 35.2 Å². The van der Waals surface area contributed by atoms with Crippen LogP contribution in [0.1, 0.15) is 9.67 Å². The normalized spacial score (nSPS) is 10.0. The maximum Gasteiger partial charge on any atom is 0.273 e. The molecule has 0 unspecified atom stereocenters. The number of carbonyl (C=O) groups excluding carboxylic acids is 1. The van der Waals surface area contributed by atoms with Crippen LogP contribution in [0.15, 0.2) is 29.6 Å². The second-order valence-corrected chi connectivity index (χ2v) is 5.73. The van der Waals surface area contributed by atoms with Crippen LogP contribution in [0.5, 0.6) is 5.75 Å². The fraction of sp³-hybridized carbons (Fsp3) is 0. The predicted octanol–water partition coefficient (Wildman–Crippen LogP) is 3.14. The molecule has 1 amide bonds. The summed E-state index contributed by atoms with van der Waals surface area (Å²) in [5.74, 6) is -0.830. The minimum Gasteiger partial charge on any atom is -0.504 e. The number of benzene rings is 1. The number of thiophene rings is 1. The number of aromatic hydroxyl groups is 1. The first kappa shape index (κ1) is 16.1. The Balaban J connectivity index is 2.14. The van der Waals surface area contributed by atoms with E-state index in [1.807, 2.05) is 0 Å². The molecule has 0 radical (unpaired) electrons. The van der Waals surface area contributed by atoms with Gasteiger partial charge in [-0.05, 0) is 23.7 Å². The highest BCUT2D eigenvalue weighted by molar-refractivity contribution is 7.80. The smallest absolute Gasteiger partial charge is 0.273 e. The van der Waals surface area contributed by atoms with Gasteiger partial charge in [0, 0.05) is 12.1 Å². The quantitative estimate of drug-likeness (QED) is 0.337. The van der Waals surface area contributed by atoms with Gasteiger partial charge in [0.15, 0.2) is 10.9 Å². The summed E-state index contributed by atoms with van der Waals surface area (Å²) in [5, 5.41) is 26.9. The number of amides is 1. The minimum atomic E-state index is -0.663. The third-order valence-electron chi connectivity index (χ3n) is 2.48. The first-order chi connectivity index (χ1) is 10.4. The number of nitro benzene ring substituents is 1. The maximum absolute atomic E-state index is 11.8. The highest BCUT2D eigenvalue weighted by Crippen LogP contribution is 2.35. The minimum absolute atomic E-state index is 0.0734. The Labute approximate surface area is 138 Å². The molecule has 0 bridgehead atoms. The molecule has 0 spiro atoms. The standard InChI is InChI=1S/C12H8ClN3O4S2/c13-7-4-6(16(19)20)5-8(10(7)17)14-12(21)15-11(18)9-2-1-3-22-9/h1-5,17H,(H2,14,15,18,21). The fourth-order valence-electron chi connectivity index (χ4n) is 1.51. The number of hydrogen-bond donors (Lipinski definition) is 3. The van der Waals surface area contributed by atoms with Crippen molar-refractivity contribution in [2.24, 2.45) is 0 Å². The molecule has 1 aromatic heterocycles. The molecule has 1 heterocycles. The summed E-state index contributed by atoms with van der Waals surface area (Å²) in [6, 6.07) is 5.40. The molecule has 3 N–H and O–H groups in total. The topological polar surface area (TPSA) is 104 Å². The fourth-order valence-corrected chi connectivity index (χ4v) is 2.55. The van der Waals surface area contributed by atoms with Crippen LogP contribution in [0.2, 0.25) is 5.02 Å². The van der Waals surface area contributed by atoms with Crippen molar-refractivity contribution in [2.75, 3.05) is 5.32 Å². The highest BCUT2D eigenvalue weighted by atomic mass is 35.5. The zero-order valence-corrected chi connectivity index (χ0v) is 13.1. The monoisotopic (exact) mass is 357 g/mol. The van der Waals surface area contributed by atoms with Crippen molar-refractivity contribution in [3.63, 3.8) is 0 Å². The van der Waals surface area contributed by atoms with E-state index in [0.717, 1.165) is 12.1 Å². The van der Waals surface area contributed by atoms with E-state index in [2.05, 4.69) is 10.6 Å². The summed E-state index contributed by atoms with van der Waals surface area (Å²) in [4.78, 5) is 22.4. The van der Waals surface area contributed by atoms with E-state index in [1.165, 1.54) is 11.3 Å². The predicted molar refractivity (Wildman–Crippen MR) is 87.8 cm³/mol. The van der Waals surface area contributed by atoms with Crippen molar-refractivity contribution in [1.29, 1.82) is 0 Å². The van der Waals surface area contributed by atoms with Crippen molar-refractivity contribution in [1.82, 2.24) is 5.32 Å². The van der Waals surface area contributed by atoms with Crippen LogP contribution in [0, 0.1) is 10.1 Å². The Bertz CT molecular complexity index is 749. The summed E-state index contributed by atoms with van der Waals surface area (Å²) in [6.45, 7) is 0. The average Bonchev–Trinajstić information content (AvgIpc) is 2.97. The highest BCUT2D eigenvalue weighted by Gasteiger charge is 2.17. The van der Waals surface area contributed by atoms with Crippen LogP contribution in [0.4, 0.5) is 11.4 Å². The first-order valence-electron chi connectivity index (χ1n) is 5.71. The molecule has 7 nitrogen and oxygen atoms in total. The second-order valence-electron chi connectivity index (χ2n) is 3.97. The first-order valence-corrected chi connectivity index (χ1v) is 7.38. The molecule has 0 fully saturated rings. The lowest BCUT2D eigenvalue weighted by Gasteiger charge is -2.11. The van der Waals surface area contributed by atoms with E-state index in [-0.39, 0.29) is 21.5 Å². The Morgan fingerprint density at radius 1 is 1.45 bits per heavy atom. The number of non-ortho nitro benzene ring substituents is 1. The van der Waals surface area contributed by atoms with Crippen molar-refractivity contribution in [3.8, 4) is 5.75 Å². The number of halogens is 1. The molecule has 2 rings (SSSR count). The lowest BCUT2D eigenvalue weighted by molar-refractivity contribution is -0.384. The number of nitro groups is 1. The van der Waals surface area contributed by atoms with E-state index in [0.29, 0.717) is 4.88 Å². The van der Waals surface area contributed by atoms with Gasteiger partial charge in [-0.1, -0.05) is 17.7 Å². The largest absolute Gasteiger partial charge is 0.504 e. The lowest BCUT2D eigenvalue weighted by Crippen LogP contribution is -2.33. The molecule has 22 heavy (non-hydrogen) atoms. The van der Waals surface area contributed by atoms with Crippen LogP contribution in [0.25, 0.3) is 0 Å². The van der Waals surface area contributed by atoms with Gasteiger partial charge in [0.05, 0.1) is 20.5 Å². The van der Waals surface area contributed by atoms with Gasteiger partial charge in [-0.3, -0.25) is 20.2 Å². The molecule has 0 atom stereocenters. The number of anilines is 1. The summed E-state index contributed by atoms with van der Waals surface area (Å²) < 4.78 is 0. The van der Waals surface area contributed by atoms with Crippen LogP contribution in [-0.4, -0.2) is 21.0 Å². The number of rotatable bonds is 3. The van der Waals surface area contributed by atoms with Gasteiger partial charge in [0.25, 0.3) is 11.6 Å². The second kappa shape index (κ2) is 6.69. The molecule has 1 aromatic carbocycles. The van der Waals surface area contributed by atoms with Crippen molar-refractivity contribution in [2.45, 2.75) is 0 Å². The van der Waals surface area contributed by atoms with Crippen molar-refractivity contribution >= 4 is 57.5 Å². The Morgan fingerprint density at radius 2 is 2.18 bits per heavy atom. The van der Waals surface area contributed by atoms with Gasteiger partial charge in [-0.15, -0.1) is 11.3 Å². The number of nitrogens with one attached hydrogen (secondary N) is 2. The Kier molecular flexibility index (Phi) is 4.91. The third kappa shape index (κ3) is 3.70. The van der Waals surface area contributed by atoms with E-state index in [4.69, 9.17) is 23.8 Å². The van der Waals surface area contributed by atoms with Crippen molar-refractivity contribution in [3.05, 3.63) is 49.7 Å². The molecule has 2 aromatic rings. The van der Waals surface area contributed by atoms with E-state index in [9.17, 15) is 20.0 Å². The third-order valence-corrected chi connectivity index (χ3v) is 3.84. The number of carbonyl (C=O) groups is 1. The van der Waals surface area contributed by atoms with Gasteiger partial charge < -0.3 is 10.4 Å². The SMILES string of the molecule is O=C(NC(=S)Nc1cc([N+](=O)[O-])cc(Cl)c1O)c1cccs1. The van der Waals surface area contributed by atoms with Gasteiger partial charge in [-0.25, -0.2) is 0 Å². The summed E-state index contributed by atoms with van der Waals surface area (Å²) in [6.07, 6.45) is 0. The molecular weight excluding hydrogens is 350 g/mol. The molecular formula is C12H8ClN3O4S2. The number of nitrogens with zero attached hydrogens (tertiary/aromatic N) is 1. The van der Waals surface area contributed by atoms with E-state index < -0.39 is 16.6 Å². The van der Waals surface area contributed by atoms with Gasteiger partial charge in [-0.2, -0.15) is 0 Å². The average molecular weight is 358 g/mol. The lowest BCUT2D eigenvalue weighted by atomic mass is 10.2. The van der Waals surface area contributed by atoms with Crippen molar-refractivity contribution < 1.29 is 14.8 Å². The number of hydrogen-bond acceptors (Lipinski definition) is 6. The molecule has 0 aliphatic rings. The molecule has 0 saturated carbocycles. The van der Waals surface area contributed by atoms with Crippen LogP contribution in [-0.2, 0) is 0 Å². The van der Waals surface area contributed by atoms with E-state index >= 15 is 0 Å². The number of thiocarbonyl (C=S) groups is 1. The zero-order valence-electron chi connectivity index (χ0n) is 10.7. The zero-order chi connectivity index (χ0) is 16.3. The van der Waals surface area contributed by atoms with Crippen LogP contribution < -0.4 is 10.6 Å². The summed E-state index contributed by atoms with van der Waals surface area (Å²) in [5.41, 5.74) is -0.395. The van der Waals surface area contributed by atoms with Gasteiger partial charge in [0.2, 0.25) is 0 Å². The van der Waals surface area contributed by atoms with Crippen LogP contribution in [0.3, 0.4) is 0 Å². The molecule has 0 saturated heterocycles. The molecule has 0 aliphatic heterocycles.